The lowest BCUT2D eigenvalue weighted by molar-refractivity contribution is -0.192. The van der Waals surface area contributed by atoms with Crippen LogP contribution in [0, 0.1) is 0 Å². The maximum absolute atomic E-state index is 12.7. The van der Waals surface area contributed by atoms with Crippen molar-refractivity contribution in [1.29, 1.82) is 0 Å². The van der Waals surface area contributed by atoms with Crippen LogP contribution in [0.3, 0.4) is 0 Å². The molecule has 0 saturated heterocycles. The Morgan fingerprint density at radius 3 is 2.18 bits per heavy atom. The number of hydrogen-bond donors (Lipinski definition) is 3. The van der Waals surface area contributed by atoms with Crippen molar-refractivity contribution in [3.8, 4) is 0 Å². The first-order valence-electron chi connectivity index (χ1n) is 9.36. The van der Waals surface area contributed by atoms with Crippen molar-refractivity contribution in [2.45, 2.75) is 30.8 Å². The Hall–Kier alpha value is -2.99. The topological polar surface area (TPSA) is 124 Å². The van der Waals surface area contributed by atoms with Crippen molar-refractivity contribution in [3.05, 3.63) is 53.1 Å². The number of rotatable bonds is 8. The van der Waals surface area contributed by atoms with Crippen LogP contribution in [-0.2, 0) is 14.8 Å². The molecule has 33 heavy (non-hydrogen) atoms. The van der Waals surface area contributed by atoms with E-state index in [0.29, 0.717) is 12.2 Å². The van der Waals surface area contributed by atoms with Crippen LogP contribution in [0.25, 0.3) is 0 Å². The number of carboxylic acids is 2. The highest BCUT2D eigenvalue weighted by atomic mass is 35.5. The van der Waals surface area contributed by atoms with Crippen LogP contribution < -0.4 is 9.62 Å². The van der Waals surface area contributed by atoms with Crippen LogP contribution in [0.2, 0.25) is 5.02 Å². The van der Waals surface area contributed by atoms with E-state index in [1.54, 1.807) is 18.2 Å². The van der Waals surface area contributed by atoms with Gasteiger partial charge in [0, 0.05) is 13.6 Å². The summed E-state index contributed by atoms with van der Waals surface area (Å²) in [5.41, 5.74) is 0.789. The minimum absolute atomic E-state index is 0.00509. The maximum atomic E-state index is 12.7. The smallest absolute Gasteiger partial charge is 0.478 e. The van der Waals surface area contributed by atoms with Gasteiger partial charge in [0.25, 0.3) is 10.0 Å². The molecule has 0 bridgehead atoms. The summed E-state index contributed by atoms with van der Waals surface area (Å²) >= 11 is 6.00. The van der Waals surface area contributed by atoms with E-state index in [9.17, 15) is 31.5 Å². The highest BCUT2D eigenvalue weighted by Gasteiger charge is 2.38. The van der Waals surface area contributed by atoms with E-state index in [1.165, 1.54) is 24.3 Å². The number of hydrogen-bond acceptors (Lipinski definition) is 5. The van der Waals surface area contributed by atoms with Crippen LogP contribution in [0.1, 0.15) is 30.1 Å². The van der Waals surface area contributed by atoms with Gasteiger partial charge in [-0.3, -0.25) is 4.72 Å². The number of unbranched alkanes of at least 4 members (excludes halogenated alkanes) is 1. The highest BCUT2D eigenvalue weighted by molar-refractivity contribution is 7.92. The van der Waals surface area contributed by atoms with Crippen molar-refractivity contribution in [3.63, 3.8) is 0 Å². The van der Waals surface area contributed by atoms with Crippen molar-refractivity contribution in [1.82, 2.24) is 0 Å². The van der Waals surface area contributed by atoms with Crippen LogP contribution >= 0.6 is 11.6 Å². The Labute approximate surface area is 193 Å². The van der Waals surface area contributed by atoms with Gasteiger partial charge < -0.3 is 15.1 Å². The summed E-state index contributed by atoms with van der Waals surface area (Å²) < 4.78 is 59.7. The molecule has 182 valence electrons. The quantitative estimate of drug-likeness (QED) is 0.470. The average molecular weight is 511 g/mol. The van der Waals surface area contributed by atoms with Gasteiger partial charge in [-0.1, -0.05) is 37.1 Å². The van der Waals surface area contributed by atoms with Crippen LogP contribution in [0.5, 0.6) is 0 Å². The van der Waals surface area contributed by atoms with Gasteiger partial charge in [0.05, 0.1) is 22.0 Å². The molecule has 0 aliphatic carbocycles. The fraction of sp³-hybridized carbons (Fsp3) is 0.300. The molecule has 3 N–H and O–H groups in total. The third-order valence-electron chi connectivity index (χ3n) is 4.11. The normalized spacial score (nSPS) is 11.2. The number of anilines is 2. The number of aromatic carboxylic acids is 1. The van der Waals surface area contributed by atoms with E-state index < -0.39 is 28.1 Å². The Bertz CT molecular complexity index is 1090. The summed E-state index contributed by atoms with van der Waals surface area (Å²) in [7, 11) is -2.13. The minimum Gasteiger partial charge on any atom is -0.478 e. The SMILES string of the molecule is CCCCN(C)c1ccc(C(=O)O)cc1NS(=O)(=O)c1ccccc1Cl.O=C(O)C(F)(F)F. The molecule has 2 aromatic rings. The molecular formula is C20H22ClF3N2O6S. The largest absolute Gasteiger partial charge is 0.490 e. The van der Waals surface area contributed by atoms with E-state index in [4.69, 9.17) is 21.5 Å². The first kappa shape index (κ1) is 28.0. The molecule has 0 radical (unpaired) electrons. The van der Waals surface area contributed by atoms with Gasteiger partial charge in [-0.25, -0.2) is 18.0 Å². The fourth-order valence-electron chi connectivity index (χ4n) is 2.46. The molecule has 2 aromatic carbocycles. The molecular weight excluding hydrogens is 489 g/mol. The number of aliphatic carboxylic acids is 1. The summed E-state index contributed by atoms with van der Waals surface area (Å²) in [4.78, 5) is 22.0. The summed E-state index contributed by atoms with van der Waals surface area (Å²) in [6.45, 7) is 2.77. The van der Waals surface area contributed by atoms with Gasteiger partial charge in [-0.15, -0.1) is 0 Å². The van der Waals surface area contributed by atoms with Gasteiger partial charge in [0.1, 0.15) is 4.90 Å². The highest BCUT2D eigenvalue weighted by Crippen LogP contribution is 2.31. The predicted octanol–water partition coefficient (Wildman–Crippen LogP) is 4.71. The van der Waals surface area contributed by atoms with Gasteiger partial charge in [-0.05, 0) is 36.8 Å². The summed E-state index contributed by atoms with van der Waals surface area (Å²) in [6, 6.07) is 10.5. The molecule has 0 aliphatic heterocycles. The van der Waals surface area contributed by atoms with Crippen LogP contribution in [0.15, 0.2) is 47.4 Å². The maximum Gasteiger partial charge on any atom is 0.490 e. The Balaban J connectivity index is 0.000000675. The number of nitrogens with one attached hydrogen (secondary N) is 1. The molecule has 0 amide bonds. The standard InChI is InChI=1S/C18H21ClN2O4S.C2HF3O2/c1-3-4-11-21(2)16-10-9-13(18(22)23)12-15(16)20-26(24,25)17-8-6-5-7-14(17)19;3-2(4,5)1(6)7/h5-10,12,20H,3-4,11H2,1-2H3,(H,22,23);(H,6,7). The minimum atomic E-state index is -5.08. The molecule has 0 saturated carbocycles. The summed E-state index contributed by atoms with van der Waals surface area (Å²) in [5, 5.41) is 16.4. The summed E-state index contributed by atoms with van der Waals surface area (Å²) in [6.07, 6.45) is -3.17. The second-order valence-corrected chi connectivity index (χ2v) is 8.71. The Morgan fingerprint density at radius 2 is 1.70 bits per heavy atom. The van der Waals surface area contributed by atoms with Crippen molar-refractivity contribution in [2.24, 2.45) is 0 Å². The van der Waals surface area contributed by atoms with Gasteiger partial charge >= 0.3 is 18.1 Å². The van der Waals surface area contributed by atoms with E-state index in [-0.39, 0.29) is 21.2 Å². The zero-order valence-corrected chi connectivity index (χ0v) is 19.1. The average Bonchev–Trinajstić information content (AvgIpc) is 2.71. The third kappa shape index (κ3) is 8.46. The number of benzene rings is 2. The van der Waals surface area contributed by atoms with Gasteiger partial charge in [0.2, 0.25) is 0 Å². The van der Waals surface area contributed by atoms with E-state index in [2.05, 4.69) is 11.6 Å². The number of nitrogens with zero attached hydrogens (tertiary/aromatic N) is 1. The lowest BCUT2D eigenvalue weighted by atomic mass is 10.1. The molecule has 0 aromatic heterocycles. The Kier molecular flexibility index (Phi) is 9.99. The summed E-state index contributed by atoms with van der Waals surface area (Å²) in [5.74, 6) is -3.89. The molecule has 13 heteroatoms. The van der Waals surface area contributed by atoms with Gasteiger partial charge in [-0.2, -0.15) is 13.2 Å². The van der Waals surface area contributed by atoms with Crippen molar-refractivity contribution >= 4 is 44.9 Å². The van der Waals surface area contributed by atoms with Crippen LogP contribution in [0.4, 0.5) is 24.5 Å². The number of carboxylic acid groups (broad SMARTS) is 2. The number of halogens is 4. The lowest BCUT2D eigenvalue weighted by Gasteiger charge is -2.23. The predicted molar refractivity (Wildman–Crippen MR) is 118 cm³/mol. The first-order valence-corrected chi connectivity index (χ1v) is 11.2. The second-order valence-electron chi connectivity index (χ2n) is 6.65. The molecule has 2 rings (SSSR count). The molecule has 0 heterocycles. The fourth-order valence-corrected chi connectivity index (χ4v) is 4.05. The van der Waals surface area contributed by atoms with Crippen molar-refractivity contribution < 1.29 is 41.4 Å². The van der Waals surface area contributed by atoms with E-state index >= 15 is 0 Å². The molecule has 0 atom stereocenters. The van der Waals surface area contributed by atoms with E-state index in [0.717, 1.165) is 12.8 Å². The molecule has 0 fully saturated rings. The number of sulfonamides is 1. The molecule has 8 nitrogen and oxygen atoms in total. The molecule has 0 aliphatic rings. The van der Waals surface area contributed by atoms with E-state index in [1.807, 2.05) is 11.9 Å². The Morgan fingerprint density at radius 1 is 1.12 bits per heavy atom. The lowest BCUT2D eigenvalue weighted by Crippen LogP contribution is -2.22. The van der Waals surface area contributed by atoms with Crippen LogP contribution in [-0.4, -0.2) is 50.3 Å². The first-order chi connectivity index (χ1) is 15.2. The zero-order valence-electron chi connectivity index (χ0n) is 17.6. The monoisotopic (exact) mass is 510 g/mol. The number of carbonyl (C=O) groups is 2. The third-order valence-corrected chi connectivity index (χ3v) is 5.98. The molecule has 0 spiro atoms. The molecule has 0 unspecified atom stereocenters. The zero-order chi connectivity index (χ0) is 25.4. The van der Waals surface area contributed by atoms with Gasteiger partial charge in [0.15, 0.2) is 0 Å². The second kappa shape index (κ2) is 11.8. The number of alkyl halides is 3. The van der Waals surface area contributed by atoms with Crippen molar-refractivity contribution in [2.75, 3.05) is 23.2 Å².